The van der Waals surface area contributed by atoms with Gasteiger partial charge < -0.3 is 5.32 Å². The van der Waals surface area contributed by atoms with E-state index in [1.54, 1.807) is 0 Å². The minimum atomic E-state index is 0.517. The molecule has 1 aliphatic rings. The number of hydrogen-bond donors (Lipinski definition) is 1. The molecule has 1 N–H and O–H groups in total. The summed E-state index contributed by atoms with van der Waals surface area (Å²) in [6.45, 7) is 4.27. The van der Waals surface area contributed by atoms with E-state index < -0.39 is 0 Å². The van der Waals surface area contributed by atoms with E-state index in [-0.39, 0.29) is 0 Å². The highest BCUT2D eigenvalue weighted by molar-refractivity contribution is 9.10. The summed E-state index contributed by atoms with van der Waals surface area (Å²) in [6, 6.07) is 8.63. The van der Waals surface area contributed by atoms with Gasteiger partial charge in [0.25, 0.3) is 0 Å². The molecule has 0 aliphatic carbocycles. The van der Waals surface area contributed by atoms with Gasteiger partial charge in [-0.25, -0.2) is 0 Å². The molecule has 1 aliphatic heterocycles. The largest absolute Gasteiger partial charge is 0.316 e. The number of nitrogens with one attached hydrogen (secondary N) is 1. The number of hydrogen-bond acceptors (Lipinski definition) is 2. The van der Waals surface area contributed by atoms with Crippen molar-refractivity contribution in [2.45, 2.75) is 25.7 Å². The van der Waals surface area contributed by atoms with E-state index in [0.717, 1.165) is 17.6 Å². The number of nitrogens with zero attached hydrogens (tertiary/aromatic N) is 2. The molecule has 2 heterocycles. The number of piperidine rings is 1. The SMILES string of the molecule is Cc1ccc(-c2c(Br)c(C3CCCNC3)nn2C)cc1. The van der Waals surface area contributed by atoms with Crippen molar-refractivity contribution in [1.29, 1.82) is 0 Å². The Bertz CT molecular complexity index is 595. The summed E-state index contributed by atoms with van der Waals surface area (Å²) in [7, 11) is 2.03. The molecular weight excluding hydrogens is 314 g/mol. The molecule has 3 rings (SSSR count). The Morgan fingerprint density at radius 2 is 2.05 bits per heavy atom. The van der Waals surface area contributed by atoms with Gasteiger partial charge in [0.2, 0.25) is 0 Å². The Balaban J connectivity index is 1.99. The number of aryl methyl sites for hydroxylation is 2. The summed E-state index contributed by atoms with van der Waals surface area (Å²) in [4.78, 5) is 0. The Kier molecular flexibility index (Phi) is 3.94. The van der Waals surface area contributed by atoms with Gasteiger partial charge in [-0.2, -0.15) is 5.10 Å². The van der Waals surface area contributed by atoms with Gasteiger partial charge in [-0.05, 0) is 42.2 Å². The summed E-state index contributed by atoms with van der Waals surface area (Å²) in [5.41, 5.74) is 4.86. The van der Waals surface area contributed by atoms with E-state index in [1.807, 2.05) is 11.7 Å². The summed E-state index contributed by atoms with van der Waals surface area (Å²) >= 11 is 3.78. The first-order valence-corrected chi connectivity index (χ1v) is 7.96. The Morgan fingerprint density at radius 3 is 2.70 bits per heavy atom. The van der Waals surface area contributed by atoms with Crippen LogP contribution in [0.4, 0.5) is 0 Å². The molecule has 1 unspecified atom stereocenters. The van der Waals surface area contributed by atoms with Crippen LogP contribution in [0.2, 0.25) is 0 Å². The van der Waals surface area contributed by atoms with Gasteiger partial charge in [-0.3, -0.25) is 4.68 Å². The highest BCUT2D eigenvalue weighted by atomic mass is 79.9. The van der Waals surface area contributed by atoms with E-state index >= 15 is 0 Å². The van der Waals surface area contributed by atoms with Crippen molar-refractivity contribution in [3.8, 4) is 11.3 Å². The fourth-order valence-electron chi connectivity index (χ4n) is 2.89. The second-order valence-electron chi connectivity index (χ2n) is 5.58. The number of rotatable bonds is 2. The summed E-state index contributed by atoms with van der Waals surface area (Å²) < 4.78 is 3.15. The number of benzene rings is 1. The monoisotopic (exact) mass is 333 g/mol. The lowest BCUT2D eigenvalue weighted by Crippen LogP contribution is -2.28. The van der Waals surface area contributed by atoms with E-state index in [1.165, 1.54) is 35.4 Å². The molecule has 2 aromatic rings. The van der Waals surface area contributed by atoms with Crippen LogP contribution in [0.5, 0.6) is 0 Å². The second kappa shape index (κ2) is 5.70. The molecule has 1 fully saturated rings. The summed E-state index contributed by atoms with van der Waals surface area (Å²) in [6.07, 6.45) is 2.45. The molecule has 1 aromatic heterocycles. The van der Waals surface area contributed by atoms with Crippen LogP contribution >= 0.6 is 15.9 Å². The highest BCUT2D eigenvalue weighted by Crippen LogP contribution is 2.36. The first-order valence-electron chi connectivity index (χ1n) is 7.17. The fourth-order valence-corrected chi connectivity index (χ4v) is 3.78. The molecule has 1 atom stereocenters. The summed E-state index contributed by atoms with van der Waals surface area (Å²) in [5.74, 6) is 0.517. The third-order valence-corrected chi connectivity index (χ3v) is 4.80. The molecule has 20 heavy (non-hydrogen) atoms. The van der Waals surface area contributed by atoms with Crippen LogP contribution in [0.1, 0.15) is 30.0 Å². The summed E-state index contributed by atoms with van der Waals surface area (Å²) in [5, 5.41) is 8.23. The van der Waals surface area contributed by atoms with Crippen LogP contribution in [-0.2, 0) is 7.05 Å². The number of aromatic nitrogens is 2. The van der Waals surface area contributed by atoms with Crippen molar-refractivity contribution in [2.75, 3.05) is 13.1 Å². The molecular formula is C16H20BrN3. The minimum Gasteiger partial charge on any atom is -0.316 e. The van der Waals surface area contributed by atoms with Crippen LogP contribution in [0.3, 0.4) is 0 Å². The zero-order valence-corrected chi connectivity index (χ0v) is 13.6. The van der Waals surface area contributed by atoms with Crippen molar-refractivity contribution in [1.82, 2.24) is 15.1 Å². The lowest BCUT2D eigenvalue weighted by atomic mass is 9.95. The quantitative estimate of drug-likeness (QED) is 0.909. The zero-order valence-electron chi connectivity index (χ0n) is 12.0. The number of halogens is 1. The third-order valence-electron chi connectivity index (χ3n) is 4.02. The van der Waals surface area contributed by atoms with Gasteiger partial charge in [0.1, 0.15) is 0 Å². The molecule has 0 amide bonds. The van der Waals surface area contributed by atoms with Crippen LogP contribution < -0.4 is 5.32 Å². The van der Waals surface area contributed by atoms with Crippen LogP contribution in [-0.4, -0.2) is 22.9 Å². The van der Waals surface area contributed by atoms with Crippen molar-refractivity contribution in [3.05, 3.63) is 40.0 Å². The van der Waals surface area contributed by atoms with Gasteiger partial charge in [-0.15, -0.1) is 0 Å². The van der Waals surface area contributed by atoms with E-state index in [0.29, 0.717) is 5.92 Å². The maximum atomic E-state index is 4.76. The molecule has 106 valence electrons. The van der Waals surface area contributed by atoms with E-state index in [9.17, 15) is 0 Å². The maximum absolute atomic E-state index is 4.76. The minimum absolute atomic E-state index is 0.517. The lowest BCUT2D eigenvalue weighted by molar-refractivity contribution is 0.450. The predicted molar refractivity (Wildman–Crippen MR) is 85.9 cm³/mol. The molecule has 0 saturated carbocycles. The average molecular weight is 334 g/mol. The predicted octanol–water partition coefficient (Wildman–Crippen LogP) is 3.63. The van der Waals surface area contributed by atoms with E-state index in [4.69, 9.17) is 5.10 Å². The Hall–Kier alpha value is -1.13. The van der Waals surface area contributed by atoms with Gasteiger partial charge in [0.05, 0.1) is 15.9 Å². The van der Waals surface area contributed by atoms with E-state index in [2.05, 4.69) is 52.4 Å². The second-order valence-corrected chi connectivity index (χ2v) is 6.37. The topological polar surface area (TPSA) is 29.9 Å². The van der Waals surface area contributed by atoms with Crippen molar-refractivity contribution < 1.29 is 0 Å². The van der Waals surface area contributed by atoms with Crippen molar-refractivity contribution >= 4 is 15.9 Å². The molecule has 0 bridgehead atoms. The van der Waals surface area contributed by atoms with Gasteiger partial charge in [0.15, 0.2) is 0 Å². The van der Waals surface area contributed by atoms with Crippen LogP contribution in [0.25, 0.3) is 11.3 Å². The smallest absolute Gasteiger partial charge is 0.0824 e. The van der Waals surface area contributed by atoms with Gasteiger partial charge in [-0.1, -0.05) is 29.8 Å². The fraction of sp³-hybridized carbons (Fsp3) is 0.438. The standard InChI is InChI=1S/C16H20BrN3/c1-11-5-7-12(8-6-11)16-14(17)15(19-20(16)2)13-4-3-9-18-10-13/h5-8,13,18H,3-4,9-10H2,1-2H3. The Morgan fingerprint density at radius 1 is 1.30 bits per heavy atom. The van der Waals surface area contributed by atoms with Crippen LogP contribution in [0, 0.1) is 6.92 Å². The first-order chi connectivity index (χ1) is 9.66. The van der Waals surface area contributed by atoms with Gasteiger partial charge >= 0.3 is 0 Å². The molecule has 3 nitrogen and oxygen atoms in total. The van der Waals surface area contributed by atoms with Crippen molar-refractivity contribution in [2.24, 2.45) is 7.05 Å². The molecule has 0 spiro atoms. The lowest BCUT2D eigenvalue weighted by Gasteiger charge is -2.21. The molecule has 4 heteroatoms. The Labute approximate surface area is 128 Å². The van der Waals surface area contributed by atoms with Crippen LogP contribution in [0.15, 0.2) is 28.7 Å². The zero-order chi connectivity index (χ0) is 14.1. The third kappa shape index (κ3) is 2.54. The molecule has 1 saturated heterocycles. The highest BCUT2D eigenvalue weighted by Gasteiger charge is 2.24. The molecule has 1 aromatic carbocycles. The van der Waals surface area contributed by atoms with Gasteiger partial charge in [0, 0.05) is 25.1 Å². The normalized spacial score (nSPS) is 19.2. The maximum Gasteiger partial charge on any atom is 0.0824 e. The average Bonchev–Trinajstić information content (AvgIpc) is 2.76. The molecule has 0 radical (unpaired) electrons. The van der Waals surface area contributed by atoms with Crippen molar-refractivity contribution in [3.63, 3.8) is 0 Å². The first kappa shape index (κ1) is 13.8.